The molecule has 194 valence electrons. The Hall–Kier alpha value is -2.85. The van der Waals surface area contributed by atoms with E-state index in [1.807, 2.05) is 6.92 Å². The summed E-state index contributed by atoms with van der Waals surface area (Å²) in [5, 5.41) is 11.3. The summed E-state index contributed by atoms with van der Waals surface area (Å²) in [6.45, 7) is 7.83. The van der Waals surface area contributed by atoms with Crippen molar-refractivity contribution >= 4 is 29.6 Å². The molecule has 0 aliphatic carbocycles. The molecule has 3 atom stereocenters. The number of carbonyl (C=O) groups is 4. The molecule has 1 rings (SSSR count). The molecular weight excluding hydrogens is 438 g/mol. The highest BCUT2D eigenvalue weighted by Gasteiger charge is 2.37. The van der Waals surface area contributed by atoms with Gasteiger partial charge in [-0.1, -0.05) is 40.0 Å². The van der Waals surface area contributed by atoms with E-state index in [4.69, 9.17) is 11.5 Å². The molecule has 1 saturated heterocycles. The van der Waals surface area contributed by atoms with Crippen molar-refractivity contribution in [2.75, 3.05) is 13.1 Å². The van der Waals surface area contributed by atoms with Crippen LogP contribution in [0.25, 0.3) is 0 Å². The first-order valence-corrected chi connectivity index (χ1v) is 12.3. The molecule has 8 N–H and O–H groups in total. The van der Waals surface area contributed by atoms with Gasteiger partial charge in [-0.05, 0) is 39.0 Å². The van der Waals surface area contributed by atoms with Crippen molar-refractivity contribution in [3.63, 3.8) is 0 Å². The van der Waals surface area contributed by atoms with E-state index in [-0.39, 0.29) is 30.1 Å². The van der Waals surface area contributed by atoms with Crippen LogP contribution in [0, 0.1) is 5.92 Å². The molecule has 0 aromatic heterocycles. The van der Waals surface area contributed by atoms with E-state index in [1.54, 1.807) is 20.8 Å². The van der Waals surface area contributed by atoms with Crippen LogP contribution in [0.3, 0.4) is 0 Å². The molecule has 4 amide bonds. The van der Waals surface area contributed by atoms with Gasteiger partial charge in [0.2, 0.25) is 23.6 Å². The maximum atomic E-state index is 13.4. The number of nitrogens with zero attached hydrogens (tertiary/aromatic N) is 1. The molecule has 0 radical (unpaired) electrons. The minimum atomic E-state index is -1.17. The van der Waals surface area contributed by atoms with Crippen molar-refractivity contribution in [3.05, 3.63) is 0 Å². The van der Waals surface area contributed by atoms with Crippen molar-refractivity contribution in [2.45, 2.75) is 96.7 Å². The normalized spacial score (nSPS) is 25.3. The van der Waals surface area contributed by atoms with Crippen molar-refractivity contribution in [1.29, 1.82) is 0 Å². The van der Waals surface area contributed by atoms with Crippen LogP contribution >= 0.6 is 0 Å². The Balaban J connectivity index is 3.17. The maximum absolute atomic E-state index is 13.4. The summed E-state index contributed by atoms with van der Waals surface area (Å²) >= 11 is 0. The molecule has 1 heterocycles. The van der Waals surface area contributed by atoms with Gasteiger partial charge in [0.05, 0.1) is 0 Å². The zero-order valence-electron chi connectivity index (χ0n) is 21.0. The zero-order chi connectivity index (χ0) is 25.7. The summed E-state index contributed by atoms with van der Waals surface area (Å²) in [7, 11) is 0. The molecule has 0 saturated carbocycles. The van der Waals surface area contributed by atoms with Crippen LogP contribution in [0.15, 0.2) is 4.99 Å². The van der Waals surface area contributed by atoms with Gasteiger partial charge in [0.25, 0.3) is 0 Å². The second-order valence-electron chi connectivity index (χ2n) is 9.38. The molecule has 1 aliphatic rings. The van der Waals surface area contributed by atoms with Gasteiger partial charge in [0, 0.05) is 19.0 Å². The molecule has 0 aromatic carbocycles. The Morgan fingerprint density at radius 3 is 2.38 bits per heavy atom. The highest BCUT2D eigenvalue weighted by atomic mass is 16.2. The predicted molar refractivity (Wildman–Crippen MR) is 132 cm³/mol. The smallest absolute Gasteiger partial charge is 0.246 e. The van der Waals surface area contributed by atoms with Crippen LogP contribution in [0.5, 0.6) is 0 Å². The number of rotatable bonds is 7. The van der Waals surface area contributed by atoms with Crippen LogP contribution < -0.4 is 32.7 Å². The first kappa shape index (κ1) is 29.2. The third-order valence-corrected chi connectivity index (χ3v) is 5.94. The molecule has 11 nitrogen and oxygen atoms in total. The molecule has 0 bridgehead atoms. The Labute approximate surface area is 202 Å². The molecule has 34 heavy (non-hydrogen) atoms. The van der Waals surface area contributed by atoms with Gasteiger partial charge in [-0.3, -0.25) is 24.2 Å². The third kappa shape index (κ3) is 9.96. The van der Waals surface area contributed by atoms with Crippen LogP contribution in [-0.4, -0.2) is 60.3 Å². The lowest BCUT2D eigenvalue weighted by Crippen LogP contribution is -2.61. The quantitative estimate of drug-likeness (QED) is 0.169. The fourth-order valence-corrected chi connectivity index (χ4v) is 3.66. The minimum Gasteiger partial charge on any atom is -0.370 e. The summed E-state index contributed by atoms with van der Waals surface area (Å²) in [5.74, 6) is -1.72. The van der Waals surface area contributed by atoms with Gasteiger partial charge in [-0.2, -0.15) is 0 Å². The second kappa shape index (κ2) is 14.4. The fraction of sp³-hybridized carbons (Fsp3) is 0.783. The van der Waals surface area contributed by atoms with Crippen molar-refractivity contribution in [2.24, 2.45) is 22.4 Å². The standard InChI is InChI=1S/C23H43N7O4/c1-5-16-19(32)26-13-9-7-6-8-12-23(4,30-18(31)15(2)3)21(34)29-17(20(33)28-16)11-10-14-27-22(24)25/h15-17H,5-14H2,1-4H3,(H,26,32)(H,28,33)(H,29,34)(H,30,31)(H4,24,25,27). The van der Waals surface area contributed by atoms with Crippen LogP contribution in [0.1, 0.15) is 79.1 Å². The second-order valence-corrected chi connectivity index (χ2v) is 9.38. The van der Waals surface area contributed by atoms with E-state index in [9.17, 15) is 19.2 Å². The summed E-state index contributed by atoms with van der Waals surface area (Å²) in [6, 6.07) is -1.62. The number of nitrogens with two attached hydrogens (primary N) is 2. The Bertz CT molecular complexity index is 737. The fourth-order valence-electron chi connectivity index (χ4n) is 3.66. The molecule has 11 heteroatoms. The van der Waals surface area contributed by atoms with Gasteiger partial charge in [-0.15, -0.1) is 0 Å². The minimum absolute atomic E-state index is 0.0535. The number of guanidine groups is 1. The molecule has 3 unspecified atom stereocenters. The number of hydrogen-bond donors (Lipinski definition) is 6. The van der Waals surface area contributed by atoms with E-state index in [2.05, 4.69) is 26.3 Å². The highest BCUT2D eigenvalue weighted by molar-refractivity contribution is 5.96. The average Bonchev–Trinajstić information content (AvgIpc) is 2.77. The Morgan fingerprint density at radius 1 is 1.09 bits per heavy atom. The number of nitrogens with one attached hydrogen (secondary N) is 4. The van der Waals surface area contributed by atoms with Crippen LogP contribution in [0.2, 0.25) is 0 Å². The van der Waals surface area contributed by atoms with Gasteiger partial charge in [0.1, 0.15) is 17.6 Å². The largest absolute Gasteiger partial charge is 0.370 e. The average molecular weight is 482 g/mol. The summed E-state index contributed by atoms with van der Waals surface area (Å²) < 4.78 is 0. The van der Waals surface area contributed by atoms with Crippen LogP contribution in [-0.2, 0) is 19.2 Å². The molecule has 0 aromatic rings. The maximum Gasteiger partial charge on any atom is 0.246 e. The van der Waals surface area contributed by atoms with E-state index < -0.39 is 29.4 Å². The first-order chi connectivity index (χ1) is 16.0. The molecule has 1 aliphatic heterocycles. The summed E-state index contributed by atoms with van der Waals surface area (Å²) in [5.41, 5.74) is 9.57. The lowest BCUT2D eigenvalue weighted by atomic mass is 9.91. The topological polar surface area (TPSA) is 181 Å². The predicted octanol–water partition coefficient (Wildman–Crippen LogP) is 0.0308. The van der Waals surface area contributed by atoms with Crippen molar-refractivity contribution in [1.82, 2.24) is 21.3 Å². The molecule has 1 fully saturated rings. The van der Waals surface area contributed by atoms with E-state index in [0.29, 0.717) is 32.4 Å². The highest BCUT2D eigenvalue weighted by Crippen LogP contribution is 2.18. The van der Waals surface area contributed by atoms with Crippen LogP contribution in [0.4, 0.5) is 0 Å². The van der Waals surface area contributed by atoms with Gasteiger partial charge >= 0.3 is 0 Å². The van der Waals surface area contributed by atoms with E-state index in [0.717, 1.165) is 25.7 Å². The Morgan fingerprint density at radius 2 is 1.76 bits per heavy atom. The SMILES string of the molecule is CCC1NC(=O)C(CCCN=C(N)N)NC(=O)C(C)(NC(=O)C(C)C)CCCCCCNC1=O. The molecule has 0 spiro atoms. The first-order valence-electron chi connectivity index (χ1n) is 12.3. The number of aliphatic imine (C=N–C) groups is 1. The van der Waals surface area contributed by atoms with Gasteiger partial charge in [0.15, 0.2) is 5.96 Å². The number of carbonyl (C=O) groups excluding carboxylic acids is 4. The van der Waals surface area contributed by atoms with Crippen molar-refractivity contribution < 1.29 is 19.2 Å². The van der Waals surface area contributed by atoms with E-state index in [1.165, 1.54) is 0 Å². The summed E-state index contributed by atoms with van der Waals surface area (Å²) in [6.07, 6.45) is 4.80. The third-order valence-electron chi connectivity index (χ3n) is 5.94. The number of amides is 4. The van der Waals surface area contributed by atoms with Gasteiger partial charge in [-0.25, -0.2) is 0 Å². The molecular formula is C23H43N7O4. The van der Waals surface area contributed by atoms with Crippen molar-refractivity contribution in [3.8, 4) is 0 Å². The zero-order valence-corrected chi connectivity index (χ0v) is 21.0. The van der Waals surface area contributed by atoms with Gasteiger partial charge < -0.3 is 32.7 Å². The summed E-state index contributed by atoms with van der Waals surface area (Å²) in [4.78, 5) is 55.4. The lowest BCUT2D eigenvalue weighted by Gasteiger charge is -2.32. The Kier molecular flexibility index (Phi) is 12.4. The lowest BCUT2D eigenvalue weighted by molar-refractivity contribution is -0.137. The monoisotopic (exact) mass is 481 g/mol. The van der Waals surface area contributed by atoms with E-state index >= 15 is 0 Å². The number of hydrogen-bond acceptors (Lipinski definition) is 5.